The molecule has 1 N–H and O–H groups in total. The minimum Gasteiger partial charge on any atom is -0.309 e. The van der Waals surface area contributed by atoms with Gasteiger partial charge in [-0.3, -0.25) is 0 Å². The molecule has 2 saturated carbocycles. The summed E-state index contributed by atoms with van der Waals surface area (Å²) in [6.07, 6.45) is 4.21. The van der Waals surface area contributed by atoms with E-state index in [1.54, 1.807) is 0 Å². The van der Waals surface area contributed by atoms with Gasteiger partial charge in [0.05, 0.1) is 0 Å². The van der Waals surface area contributed by atoms with Crippen LogP contribution in [0.5, 0.6) is 0 Å². The molecule has 0 radical (unpaired) electrons. The zero-order chi connectivity index (χ0) is 12.8. The lowest BCUT2D eigenvalue weighted by Crippen LogP contribution is -2.44. The molecule has 0 saturated heterocycles. The van der Waals surface area contributed by atoms with E-state index in [0.717, 1.165) is 12.5 Å². The fourth-order valence-corrected chi connectivity index (χ4v) is 4.35. The van der Waals surface area contributed by atoms with Crippen LogP contribution in [0.3, 0.4) is 0 Å². The van der Waals surface area contributed by atoms with E-state index in [1.807, 2.05) is 0 Å². The first kappa shape index (κ1) is 12.2. The van der Waals surface area contributed by atoms with Gasteiger partial charge >= 0.3 is 0 Å². The summed E-state index contributed by atoms with van der Waals surface area (Å²) < 4.78 is 0. The van der Waals surface area contributed by atoms with Gasteiger partial charge in [0.2, 0.25) is 0 Å². The Morgan fingerprint density at radius 3 is 2.44 bits per heavy atom. The topological polar surface area (TPSA) is 12.0 Å². The first-order chi connectivity index (χ1) is 8.54. The quantitative estimate of drug-likeness (QED) is 0.846. The van der Waals surface area contributed by atoms with E-state index in [4.69, 9.17) is 0 Å². The number of hydrogen-bond acceptors (Lipinski definition) is 1. The van der Waals surface area contributed by atoms with E-state index in [2.05, 4.69) is 56.4 Å². The minimum absolute atomic E-state index is 0.493. The van der Waals surface area contributed by atoms with Crippen LogP contribution in [0.25, 0.3) is 0 Å². The van der Waals surface area contributed by atoms with Gasteiger partial charge in [-0.2, -0.15) is 0 Å². The molecule has 0 aromatic heterocycles. The van der Waals surface area contributed by atoms with Gasteiger partial charge < -0.3 is 5.32 Å². The highest BCUT2D eigenvalue weighted by Gasteiger charge is 2.60. The van der Waals surface area contributed by atoms with Gasteiger partial charge in [-0.15, -0.1) is 0 Å². The maximum Gasteiger partial charge on any atom is 0.0208 e. The molecular formula is C17H25N. The summed E-state index contributed by atoms with van der Waals surface area (Å²) in [5.41, 5.74) is 2.41. The van der Waals surface area contributed by atoms with Gasteiger partial charge in [0.15, 0.2) is 0 Å². The van der Waals surface area contributed by atoms with Crippen LogP contribution < -0.4 is 5.32 Å². The molecule has 2 aliphatic carbocycles. The van der Waals surface area contributed by atoms with Crippen LogP contribution in [0.2, 0.25) is 0 Å². The Kier molecular flexibility index (Phi) is 2.78. The molecule has 2 aliphatic rings. The van der Waals surface area contributed by atoms with Crippen molar-refractivity contribution >= 4 is 0 Å². The van der Waals surface area contributed by atoms with Crippen molar-refractivity contribution in [3.63, 3.8) is 0 Å². The molecular weight excluding hydrogens is 218 g/mol. The van der Waals surface area contributed by atoms with Crippen LogP contribution in [0.1, 0.15) is 45.6 Å². The fourth-order valence-electron chi connectivity index (χ4n) is 4.35. The summed E-state index contributed by atoms with van der Waals surface area (Å²) in [7, 11) is 0. The molecule has 1 aromatic carbocycles. The first-order valence-corrected chi connectivity index (χ1v) is 7.31. The molecule has 1 aromatic rings. The van der Waals surface area contributed by atoms with Gasteiger partial charge in [-0.05, 0) is 41.6 Å². The third-order valence-electron chi connectivity index (χ3n) is 6.19. The van der Waals surface area contributed by atoms with Gasteiger partial charge in [-0.25, -0.2) is 0 Å². The van der Waals surface area contributed by atoms with Gasteiger partial charge in [-0.1, -0.05) is 51.1 Å². The summed E-state index contributed by atoms with van der Waals surface area (Å²) in [6, 6.07) is 11.5. The fraction of sp³-hybridized carbons (Fsp3) is 0.647. The SMILES string of the molecule is CC1(C)[C@H]2CC[C@]1(C)[C@H](NCc1ccccc1)C2. The Morgan fingerprint density at radius 2 is 1.89 bits per heavy atom. The molecule has 3 atom stereocenters. The molecule has 18 heavy (non-hydrogen) atoms. The average molecular weight is 243 g/mol. The van der Waals surface area contributed by atoms with Gasteiger partial charge in [0, 0.05) is 12.6 Å². The lowest BCUT2D eigenvalue weighted by Gasteiger charge is -2.39. The van der Waals surface area contributed by atoms with Gasteiger partial charge in [0.1, 0.15) is 0 Å². The normalized spacial score (nSPS) is 37.1. The monoisotopic (exact) mass is 243 g/mol. The van der Waals surface area contributed by atoms with E-state index >= 15 is 0 Å². The lowest BCUT2D eigenvalue weighted by molar-refractivity contribution is 0.120. The molecule has 0 unspecified atom stereocenters. The molecule has 0 amide bonds. The Morgan fingerprint density at radius 1 is 1.17 bits per heavy atom. The summed E-state index contributed by atoms with van der Waals surface area (Å²) in [5.74, 6) is 0.927. The summed E-state index contributed by atoms with van der Waals surface area (Å²) in [5, 5.41) is 3.83. The van der Waals surface area contributed by atoms with Crippen LogP contribution >= 0.6 is 0 Å². The molecule has 1 heteroatoms. The van der Waals surface area contributed by atoms with Crippen molar-refractivity contribution in [3.8, 4) is 0 Å². The Labute approximate surface area is 111 Å². The van der Waals surface area contributed by atoms with Crippen LogP contribution in [0.4, 0.5) is 0 Å². The molecule has 0 spiro atoms. The highest BCUT2D eigenvalue weighted by molar-refractivity contribution is 5.17. The van der Waals surface area contributed by atoms with Crippen LogP contribution in [0, 0.1) is 16.7 Å². The minimum atomic E-state index is 0.493. The summed E-state index contributed by atoms with van der Waals surface area (Å²) >= 11 is 0. The molecule has 3 rings (SSSR count). The first-order valence-electron chi connectivity index (χ1n) is 7.31. The van der Waals surface area contributed by atoms with Crippen LogP contribution in [0.15, 0.2) is 30.3 Å². The maximum atomic E-state index is 3.83. The van der Waals surface area contributed by atoms with Crippen molar-refractivity contribution in [3.05, 3.63) is 35.9 Å². The highest BCUT2D eigenvalue weighted by Crippen LogP contribution is 2.65. The van der Waals surface area contributed by atoms with Crippen molar-refractivity contribution in [2.75, 3.05) is 0 Å². The Hall–Kier alpha value is -0.820. The van der Waals surface area contributed by atoms with E-state index in [1.165, 1.54) is 24.8 Å². The second-order valence-corrected chi connectivity index (χ2v) is 7.03. The third kappa shape index (κ3) is 1.64. The number of rotatable bonds is 3. The molecule has 2 bridgehead atoms. The molecule has 98 valence electrons. The number of hydrogen-bond donors (Lipinski definition) is 1. The van der Waals surface area contributed by atoms with E-state index < -0.39 is 0 Å². The van der Waals surface area contributed by atoms with E-state index in [0.29, 0.717) is 16.9 Å². The van der Waals surface area contributed by atoms with Crippen LogP contribution in [-0.2, 0) is 6.54 Å². The van der Waals surface area contributed by atoms with E-state index in [-0.39, 0.29) is 0 Å². The van der Waals surface area contributed by atoms with Crippen molar-refractivity contribution in [2.24, 2.45) is 16.7 Å². The number of benzene rings is 1. The predicted octanol–water partition coefficient (Wildman–Crippen LogP) is 3.99. The summed E-state index contributed by atoms with van der Waals surface area (Å²) in [6.45, 7) is 8.48. The van der Waals surface area contributed by atoms with Crippen molar-refractivity contribution in [1.82, 2.24) is 5.32 Å². The molecule has 0 heterocycles. The number of fused-ring (bicyclic) bond motifs is 2. The second kappa shape index (κ2) is 4.09. The van der Waals surface area contributed by atoms with Crippen LogP contribution in [-0.4, -0.2) is 6.04 Å². The van der Waals surface area contributed by atoms with Gasteiger partial charge in [0.25, 0.3) is 0 Å². The van der Waals surface area contributed by atoms with Crippen molar-refractivity contribution in [2.45, 2.75) is 52.6 Å². The second-order valence-electron chi connectivity index (χ2n) is 7.03. The molecule has 0 aliphatic heterocycles. The lowest BCUT2D eigenvalue weighted by atomic mass is 9.69. The summed E-state index contributed by atoms with van der Waals surface area (Å²) in [4.78, 5) is 0. The Bertz CT molecular complexity index is 422. The maximum absolute atomic E-state index is 3.83. The van der Waals surface area contributed by atoms with Crippen molar-refractivity contribution < 1.29 is 0 Å². The zero-order valence-electron chi connectivity index (χ0n) is 11.9. The average Bonchev–Trinajstić information content (AvgIpc) is 2.70. The largest absolute Gasteiger partial charge is 0.309 e. The standard InChI is InChI=1S/C17H25N/c1-16(2)14-9-10-17(16,3)15(11-14)18-12-13-7-5-4-6-8-13/h4-8,14-15,18H,9-12H2,1-3H3/t14-,15+,17+/m0/s1. The molecule has 2 fully saturated rings. The number of nitrogens with one attached hydrogen (secondary N) is 1. The third-order valence-corrected chi connectivity index (χ3v) is 6.19. The smallest absolute Gasteiger partial charge is 0.0208 e. The zero-order valence-corrected chi connectivity index (χ0v) is 11.9. The Balaban J connectivity index is 1.69. The van der Waals surface area contributed by atoms with Crippen molar-refractivity contribution in [1.29, 1.82) is 0 Å². The highest BCUT2D eigenvalue weighted by atomic mass is 15.0. The molecule has 1 nitrogen and oxygen atoms in total. The van der Waals surface area contributed by atoms with E-state index in [9.17, 15) is 0 Å². The predicted molar refractivity (Wildman–Crippen MR) is 76.3 cm³/mol.